The summed E-state index contributed by atoms with van der Waals surface area (Å²) in [5.74, 6) is -0.656. The molecule has 0 radical (unpaired) electrons. The van der Waals surface area contributed by atoms with Crippen molar-refractivity contribution in [2.75, 3.05) is 6.61 Å². The number of halogens is 1. The molecule has 3 aliphatic rings. The van der Waals surface area contributed by atoms with E-state index in [2.05, 4.69) is 15.0 Å². The summed E-state index contributed by atoms with van der Waals surface area (Å²) >= 11 is 1.78. The van der Waals surface area contributed by atoms with Gasteiger partial charge in [0.05, 0.1) is 12.9 Å². The van der Waals surface area contributed by atoms with Gasteiger partial charge in [-0.1, -0.05) is 0 Å². The van der Waals surface area contributed by atoms with Crippen molar-refractivity contribution < 1.29 is 24.9 Å². The number of carbonyl (C=O) groups excluding carboxylic acids is 1. The van der Waals surface area contributed by atoms with Crippen LogP contribution in [0.5, 0.6) is 0 Å². The number of aliphatic hydroxyl groups excluding tert-OH is 3. The van der Waals surface area contributed by atoms with Crippen molar-refractivity contribution in [1.29, 1.82) is 0 Å². The number of nitrogens with zero attached hydrogens (tertiary/aromatic N) is 4. The fraction of sp³-hybridized carbons (Fsp3) is 0.600. The first-order valence-electron chi connectivity index (χ1n) is 6.01. The number of nitrogens with two attached hydrogens (primary N) is 1. The molecule has 5 atom stereocenters. The summed E-state index contributed by atoms with van der Waals surface area (Å²) in [6, 6.07) is 0. The maximum absolute atomic E-state index is 11.9. The Balaban J connectivity index is 1.93. The molecule has 3 unspecified atom stereocenters. The summed E-state index contributed by atoms with van der Waals surface area (Å²) in [5.41, 5.74) is 5.48. The lowest BCUT2D eigenvalue weighted by Gasteiger charge is -2.29. The van der Waals surface area contributed by atoms with E-state index in [-0.39, 0.29) is 11.8 Å². The molecular weight excluding hydrogens is 397 g/mol. The normalized spacial score (nSPS) is 42.1. The van der Waals surface area contributed by atoms with Crippen LogP contribution in [0.15, 0.2) is 15.0 Å². The topological polar surface area (TPSA) is 153 Å². The maximum atomic E-state index is 11.9. The first-order chi connectivity index (χ1) is 9.88. The van der Waals surface area contributed by atoms with E-state index in [1.807, 2.05) is 0 Å². The molecule has 0 aliphatic carbocycles. The number of fused-ring (bicyclic) bond motifs is 1. The fourth-order valence-electron chi connectivity index (χ4n) is 2.32. The molecule has 0 saturated carbocycles. The number of rotatable bonds is 2. The molecule has 10 nitrogen and oxygen atoms in total. The molecule has 1 fully saturated rings. The lowest BCUT2D eigenvalue weighted by Crippen LogP contribution is -2.52. The number of carbonyl (C=O) groups is 1. The molecule has 3 heterocycles. The Morgan fingerprint density at radius 3 is 2.76 bits per heavy atom. The van der Waals surface area contributed by atoms with Gasteiger partial charge in [-0.2, -0.15) is 9.98 Å². The first-order valence-corrected chi connectivity index (χ1v) is 7.09. The highest BCUT2D eigenvalue weighted by atomic mass is 127. The van der Waals surface area contributed by atoms with Crippen LogP contribution in [0.4, 0.5) is 0 Å². The van der Waals surface area contributed by atoms with Crippen LogP contribution in [0.25, 0.3) is 0 Å². The Kier molecular flexibility index (Phi) is 3.48. The third-order valence-corrected chi connectivity index (χ3v) is 4.63. The number of aliphatic imine (C=N–C) groups is 3. The molecule has 5 N–H and O–H groups in total. The Hall–Kier alpha value is -1.15. The molecule has 0 aromatic carbocycles. The summed E-state index contributed by atoms with van der Waals surface area (Å²) in [4.78, 5) is 24.8. The monoisotopic (exact) mass is 409 g/mol. The minimum absolute atomic E-state index is 0.149. The average molecular weight is 409 g/mol. The summed E-state index contributed by atoms with van der Waals surface area (Å²) in [7, 11) is 0. The van der Waals surface area contributed by atoms with Crippen molar-refractivity contribution in [2.24, 2.45) is 20.7 Å². The highest BCUT2D eigenvalue weighted by molar-refractivity contribution is 14.1. The van der Waals surface area contributed by atoms with Gasteiger partial charge in [0.1, 0.15) is 18.3 Å². The first kappa shape index (κ1) is 14.8. The minimum atomic E-state index is -1.36. The zero-order chi connectivity index (χ0) is 15.4. The van der Waals surface area contributed by atoms with Crippen molar-refractivity contribution in [2.45, 2.75) is 28.1 Å². The van der Waals surface area contributed by atoms with Crippen LogP contribution >= 0.6 is 22.6 Å². The number of guanidine groups is 1. The molecule has 114 valence electrons. The molecule has 0 aromatic rings. The Morgan fingerprint density at radius 1 is 1.43 bits per heavy atom. The van der Waals surface area contributed by atoms with Gasteiger partial charge in [0.2, 0.25) is 9.51 Å². The highest BCUT2D eigenvalue weighted by Crippen LogP contribution is 2.36. The Labute approximate surface area is 132 Å². The SMILES string of the molecule is NC1=NC(=O)C2(I)N=CN([C@@H]3O[C@H](CO)C(O)C3O)C2=N1. The number of amidine groups is 1. The van der Waals surface area contributed by atoms with E-state index in [1.165, 1.54) is 11.2 Å². The number of hydrogen-bond donors (Lipinski definition) is 4. The molecule has 3 aliphatic heterocycles. The molecule has 11 heteroatoms. The van der Waals surface area contributed by atoms with Crippen molar-refractivity contribution >= 4 is 46.6 Å². The number of hydrogen-bond acceptors (Lipinski definition) is 9. The summed E-state index contributed by atoms with van der Waals surface area (Å²) in [6.07, 6.45) is -3.25. The zero-order valence-corrected chi connectivity index (χ0v) is 12.7. The van der Waals surface area contributed by atoms with E-state index < -0.39 is 40.6 Å². The molecule has 0 bridgehead atoms. The standard InChI is InChI=1S/C10H12IN5O5/c11-10-7(14-9(12)15-8(10)20)16(2-13-10)6-5(19)4(18)3(1-17)21-6/h2-6,17-19H,1H2,(H2,12,15,20)/t3-,4?,5?,6-,10?/m1/s1. The molecule has 0 spiro atoms. The molecule has 1 amide bonds. The number of amides is 1. The molecule has 3 rings (SSSR count). The molecular formula is C10H12IN5O5. The van der Waals surface area contributed by atoms with Crippen LogP contribution in [0.1, 0.15) is 0 Å². The predicted molar refractivity (Wildman–Crippen MR) is 78.9 cm³/mol. The van der Waals surface area contributed by atoms with Crippen LogP contribution in [-0.2, 0) is 9.53 Å². The fourth-order valence-corrected chi connectivity index (χ4v) is 2.96. The van der Waals surface area contributed by atoms with Crippen molar-refractivity contribution in [3.8, 4) is 0 Å². The minimum Gasteiger partial charge on any atom is -0.394 e. The van der Waals surface area contributed by atoms with Crippen molar-refractivity contribution in [3.05, 3.63) is 0 Å². The summed E-state index contributed by atoms with van der Waals surface area (Å²) < 4.78 is 4.04. The summed E-state index contributed by atoms with van der Waals surface area (Å²) in [5, 5.41) is 28.9. The van der Waals surface area contributed by atoms with Crippen LogP contribution in [0, 0.1) is 0 Å². The van der Waals surface area contributed by atoms with E-state index in [0.717, 1.165) is 0 Å². The van der Waals surface area contributed by atoms with E-state index in [4.69, 9.17) is 15.6 Å². The maximum Gasteiger partial charge on any atom is 0.294 e. The highest BCUT2D eigenvalue weighted by Gasteiger charge is 2.55. The second-order valence-corrected chi connectivity index (χ2v) is 6.27. The third-order valence-electron chi connectivity index (χ3n) is 3.41. The second kappa shape index (κ2) is 4.95. The van der Waals surface area contributed by atoms with Crippen LogP contribution < -0.4 is 5.73 Å². The van der Waals surface area contributed by atoms with Gasteiger partial charge < -0.3 is 25.8 Å². The van der Waals surface area contributed by atoms with Gasteiger partial charge in [0, 0.05) is 0 Å². The molecule has 21 heavy (non-hydrogen) atoms. The third kappa shape index (κ3) is 2.07. The Morgan fingerprint density at radius 2 is 2.14 bits per heavy atom. The second-order valence-electron chi connectivity index (χ2n) is 4.71. The van der Waals surface area contributed by atoms with Gasteiger partial charge in [0.15, 0.2) is 12.1 Å². The summed E-state index contributed by atoms with van der Waals surface area (Å²) in [6.45, 7) is -0.454. The smallest absolute Gasteiger partial charge is 0.294 e. The zero-order valence-electron chi connectivity index (χ0n) is 10.5. The van der Waals surface area contributed by atoms with E-state index in [1.54, 1.807) is 22.6 Å². The van der Waals surface area contributed by atoms with Gasteiger partial charge >= 0.3 is 0 Å². The van der Waals surface area contributed by atoms with E-state index in [0.29, 0.717) is 0 Å². The van der Waals surface area contributed by atoms with Gasteiger partial charge in [0.25, 0.3) is 5.91 Å². The number of ether oxygens (including phenoxy) is 1. The van der Waals surface area contributed by atoms with E-state index >= 15 is 0 Å². The predicted octanol–water partition coefficient (Wildman–Crippen LogP) is -2.85. The lowest BCUT2D eigenvalue weighted by atomic mass is 10.1. The van der Waals surface area contributed by atoms with Crippen LogP contribution in [0.2, 0.25) is 0 Å². The van der Waals surface area contributed by atoms with Crippen LogP contribution in [-0.4, -0.2) is 79.0 Å². The van der Waals surface area contributed by atoms with Gasteiger partial charge in [-0.15, -0.1) is 0 Å². The average Bonchev–Trinajstić information content (AvgIpc) is 2.91. The quantitative estimate of drug-likeness (QED) is 0.218. The number of alkyl halides is 1. The van der Waals surface area contributed by atoms with Crippen molar-refractivity contribution in [1.82, 2.24) is 4.90 Å². The lowest BCUT2D eigenvalue weighted by molar-refractivity contribution is -0.118. The van der Waals surface area contributed by atoms with Crippen LogP contribution in [0.3, 0.4) is 0 Å². The molecule has 0 aromatic heterocycles. The van der Waals surface area contributed by atoms with Gasteiger partial charge in [-0.25, -0.2) is 4.99 Å². The van der Waals surface area contributed by atoms with Gasteiger partial charge in [-0.3, -0.25) is 9.69 Å². The van der Waals surface area contributed by atoms with E-state index in [9.17, 15) is 15.0 Å². The Bertz CT molecular complexity index is 580. The van der Waals surface area contributed by atoms with Gasteiger partial charge in [-0.05, 0) is 22.6 Å². The number of aliphatic hydroxyl groups is 3. The largest absolute Gasteiger partial charge is 0.394 e. The van der Waals surface area contributed by atoms with Crippen molar-refractivity contribution in [3.63, 3.8) is 0 Å². The molecule has 1 saturated heterocycles.